The van der Waals surface area contributed by atoms with Crippen molar-refractivity contribution in [2.45, 2.75) is 33.8 Å². The predicted molar refractivity (Wildman–Crippen MR) is 89.0 cm³/mol. The third kappa shape index (κ3) is 4.49. The molecular weight excluding hydrogens is 341 g/mol. The molecule has 0 saturated heterocycles. The lowest BCUT2D eigenvalue weighted by Crippen LogP contribution is -2.22. The van der Waals surface area contributed by atoms with Crippen molar-refractivity contribution in [3.8, 4) is 5.75 Å². The second-order valence-corrected chi connectivity index (χ2v) is 3.72. The van der Waals surface area contributed by atoms with E-state index in [-0.39, 0.29) is 31.5 Å². The van der Waals surface area contributed by atoms with Gasteiger partial charge in [0.15, 0.2) is 0 Å². The second kappa shape index (κ2) is 8.37. The van der Waals surface area contributed by atoms with E-state index < -0.39 is 0 Å². The van der Waals surface area contributed by atoms with Crippen LogP contribution in [-0.4, -0.2) is 12.6 Å². The molecule has 0 amide bonds. The maximum atomic E-state index is 5.61. The van der Waals surface area contributed by atoms with Gasteiger partial charge in [-0.05, 0) is 38.1 Å². The summed E-state index contributed by atoms with van der Waals surface area (Å²) in [6, 6.07) is 7.78. The van der Waals surface area contributed by atoms with E-state index in [1.54, 1.807) is 0 Å². The SMILES string of the molecule is CC.Cc1cc2cc(O[C@H](C)CN)ccc2o1.I.[HH]. The monoisotopic (exact) mass is 365 g/mol. The summed E-state index contributed by atoms with van der Waals surface area (Å²) in [5, 5.41) is 1.06. The maximum Gasteiger partial charge on any atom is 0.134 e. The number of hydrogen-bond acceptors (Lipinski definition) is 3. The fourth-order valence-electron chi connectivity index (χ4n) is 1.51. The lowest BCUT2D eigenvalue weighted by Gasteiger charge is -2.11. The minimum atomic E-state index is 0. The summed E-state index contributed by atoms with van der Waals surface area (Å²) in [5.74, 6) is 1.75. The largest absolute Gasteiger partial charge is 0.489 e. The summed E-state index contributed by atoms with van der Waals surface area (Å²) >= 11 is 0. The van der Waals surface area contributed by atoms with E-state index in [1.807, 2.05) is 52.0 Å². The van der Waals surface area contributed by atoms with Crippen LogP contribution in [0.1, 0.15) is 28.0 Å². The molecule has 18 heavy (non-hydrogen) atoms. The second-order valence-electron chi connectivity index (χ2n) is 3.72. The van der Waals surface area contributed by atoms with Crippen molar-refractivity contribution < 1.29 is 10.6 Å². The Labute approximate surface area is 127 Å². The zero-order valence-electron chi connectivity index (χ0n) is 11.4. The van der Waals surface area contributed by atoms with E-state index in [2.05, 4.69) is 0 Å². The number of aryl methyl sites for hydroxylation is 1. The van der Waals surface area contributed by atoms with Gasteiger partial charge in [-0.1, -0.05) is 13.8 Å². The number of rotatable bonds is 3. The molecule has 2 N–H and O–H groups in total. The first-order valence-electron chi connectivity index (χ1n) is 6.06. The van der Waals surface area contributed by atoms with Crippen LogP contribution in [0, 0.1) is 6.92 Å². The fraction of sp³-hybridized carbons (Fsp3) is 0.429. The summed E-state index contributed by atoms with van der Waals surface area (Å²) in [7, 11) is 0. The first-order chi connectivity index (χ1) is 8.19. The molecule has 1 aromatic carbocycles. The normalized spacial score (nSPS) is 11.2. The predicted octanol–water partition coefficient (Wildman–Crippen LogP) is 4.36. The van der Waals surface area contributed by atoms with Crippen molar-refractivity contribution in [2.75, 3.05) is 6.54 Å². The summed E-state index contributed by atoms with van der Waals surface area (Å²) in [4.78, 5) is 0. The lowest BCUT2D eigenvalue weighted by atomic mass is 10.2. The molecule has 104 valence electrons. The van der Waals surface area contributed by atoms with Gasteiger partial charge in [0.05, 0.1) is 0 Å². The van der Waals surface area contributed by atoms with Gasteiger partial charge >= 0.3 is 0 Å². The summed E-state index contributed by atoms with van der Waals surface area (Å²) in [6.07, 6.45) is 0.0375. The smallest absolute Gasteiger partial charge is 0.134 e. The van der Waals surface area contributed by atoms with Gasteiger partial charge in [-0.2, -0.15) is 0 Å². The van der Waals surface area contributed by atoms with Crippen LogP contribution in [0.3, 0.4) is 0 Å². The molecular formula is C14H24INO2. The summed E-state index contributed by atoms with van der Waals surface area (Å²) in [5.41, 5.74) is 6.38. The van der Waals surface area contributed by atoms with Crippen molar-refractivity contribution in [1.82, 2.24) is 0 Å². The Bertz CT molecular complexity index is 473. The van der Waals surface area contributed by atoms with E-state index in [9.17, 15) is 0 Å². The standard InChI is InChI=1S/C12H15NO2.C2H6.HI.H2/c1-8-5-10-6-11(14-9(2)7-13)3-4-12(10)15-8;1-2;;/h3-6,9H,7,13H2,1-2H3;1-2H3;2*1H/t9-;;;/m1.../s1. The van der Waals surface area contributed by atoms with Crippen molar-refractivity contribution in [2.24, 2.45) is 5.73 Å². The molecule has 3 nitrogen and oxygen atoms in total. The highest BCUT2D eigenvalue weighted by Gasteiger charge is 2.04. The molecule has 2 aromatic rings. The van der Waals surface area contributed by atoms with Crippen LogP contribution in [0.4, 0.5) is 0 Å². The molecule has 0 fully saturated rings. The quantitative estimate of drug-likeness (QED) is 0.823. The number of fused-ring (bicyclic) bond motifs is 1. The first kappa shape index (κ1) is 17.2. The number of furan rings is 1. The van der Waals surface area contributed by atoms with Crippen molar-refractivity contribution in [3.05, 3.63) is 30.0 Å². The topological polar surface area (TPSA) is 48.4 Å². The molecule has 0 aliphatic heterocycles. The van der Waals surface area contributed by atoms with Crippen molar-refractivity contribution in [1.29, 1.82) is 0 Å². The number of benzene rings is 1. The van der Waals surface area contributed by atoms with Crippen molar-refractivity contribution >= 4 is 34.9 Å². The molecule has 0 spiro atoms. The van der Waals surface area contributed by atoms with Crippen LogP contribution in [-0.2, 0) is 0 Å². The molecule has 0 radical (unpaired) electrons. The van der Waals surface area contributed by atoms with E-state index in [1.165, 1.54) is 0 Å². The van der Waals surface area contributed by atoms with Crippen LogP contribution >= 0.6 is 24.0 Å². The minimum absolute atomic E-state index is 0. The summed E-state index contributed by atoms with van der Waals surface area (Å²) in [6.45, 7) is 8.40. The number of nitrogens with two attached hydrogens (primary N) is 1. The van der Waals surface area contributed by atoms with Gasteiger partial charge in [-0.15, -0.1) is 24.0 Å². The molecule has 0 bridgehead atoms. The Balaban J connectivity index is 0. The summed E-state index contributed by atoms with van der Waals surface area (Å²) < 4.78 is 11.1. The Kier molecular flexibility index (Phi) is 8.02. The van der Waals surface area contributed by atoms with Gasteiger partial charge in [0, 0.05) is 13.4 Å². The van der Waals surface area contributed by atoms with Crippen LogP contribution in [0.2, 0.25) is 0 Å². The Morgan fingerprint density at radius 2 is 2.00 bits per heavy atom. The zero-order valence-corrected chi connectivity index (χ0v) is 13.7. The highest BCUT2D eigenvalue weighted by atomic mass is 127. The highest BCUT2D eigenvalue weighted by Crippen LogP contribution is 2.24. The molecule has 1 heterocycles. The molecule has 1 atom stereocenters. The molecule has 0 saturated carbocycles. The van der Waals surface area contributed by atoms with E-state index >= 15 is 0 Å². The van der Waals surface area contributed by atoms with Gasteiger partial charge in [0.1, 0.15) is 23.2 Å². The zero-order chi connectivity index (χ0) is 12.8. The van der Waals surface area contributed by atoms with Crippen LogP contribution < -0.4 is 10.5 Å². The average molecular weight is 365 g/mol. The Morgan fingerprint density at radius 1 is 1.33 bits per heavy atom. The molecule has 1 aromatic heterocycles. The average Bonchev–Trinajstić information content (AvgIpc) is 2.71. The Morgan fingerprint density at radius 3 is 2.61 bits per heavy atom. The number of halogens is 1. The van der Waals surface area contributed by atoms with E-state index in [0.717, 1.165) is 22.5 Å². The molecule has 2 rings (SSSR count). The van der Waals surface area contributed by atoms with E-state index in [4.69, 9.17) is 14.9 Å². The van der Waals surface area contributed by atoms with Gasteiger partial charge in [-0.3, -0.25) is 0 Å². The number of ether oxygens (including phenoxy) is 1. The lowest BCUT2D eigenvalue weighted by molar-refractivity contribution is 0.230. The maximum absolute atomic E-state index is 5.61. The Hall–Kier alpha value is -0.750. The first-order valence-corrected chi connectivity index (χ1v) is 6.06. The van der Waals surface area contributed by atoms with Crippen LogP contribution in [0.25, 0.3) is 11.0 Å². The molecule has 0 aliphatic carbocycles. The van der Waals surface area contributed by atoms with Gasteiger partial charge in [0.25, 0.3) is 0 Å². The molecule has 0 unspecified atom stereocenters. The van der Waals surface area contributed by atoms with Crippen LogP contribution in [0.5, 0.6) is 5.75 Å². The molecule has 4 heteroatoms. The minimum Gasteiger partial charge on any atom is -0.489 e. The number of hydrogen-bond donors (Lipinski definition) is 1. The third-order valence-electron chi connectivity index (χ3n) is 2.28. The third-order valence-corrected chi connectivity index (χ3v) is 2.28. The van der Waals surface area contributed by atoms with Gasteiger partial charge in [-0.25, -0.2) is 0 Å². The van der Waals surface area contributed by atoms with Crippen LogP contribution in [0.15, 0.2) is 28.7 Å². The highest BCUT2D eigenvalue weighted by molar-refractivity contribution is 14.0. The molecule has 0 aliphatic rings. The van der Waals surface area contributed by atoms with Crippen molar-refractivity contribution in [3.63, 3.8) is 0 Å². The van der Waals surface area contributed by atoms with Gasteiger partial charge in [0.2, 0.25) is 0 Å². The van der Waals surface area contributed by atoms with E-state index in [0.29, 0.717) is 6.54 Å². The fourth-order valence-corrected chi connectivity index (χ4v) is 1.51. The van der Waals surface area contributed by atoms with Gasteiger partial charge < -0.3 is 14.9 Å².